The molecule has 0 saturated heterocycles. The summed E-state index contributed by atoms with van der Waals surface area (Å²) in [6.45, 7) is 16.5. The molecule has 9 atom stereocenters. The van der Waals surface area contributed by atoms with Crippen LogP contribution in [0.5, 0.6) is 0 Å². The number of Topliss-reactive ketones (excluding diaryl/α,β-unsaturated/α-hetero) is 1. The molecule has 1 unspecified atom stereocenters. The summed E-state index contributed by atoms with van der Waals surface area (Å²) in [6, 6.07) is -0.394. The van der Waals surface area contributed by atoms with Gasteiger partial charge < -0.3 is 19.9 Å². The standard InChI is InChI=1S/C33H50N2O6S/c1-9-11-12-22-26(29(39)40-8)21(5)34-30(35-22)42-18-25(37)41-24-17-31(6,10-2)28(38)20(4)33-15-13-19(3)32(24,7)27(33)23(36)14-16-33/h10,19-21,24,27-28,38H,2,9,11-18H2,1,3-8H3,(H,34,35)/t19-,20+,21?,24-,27+,28+,31-,32+,33+/m1/s1. The number of nitrogens with one attached hydrogen (secondary N) is 1. The van der Waals surface area contributed by atoms with Crippen molar-refractivity contribution in [3.05, 3.63) is 23.9 Å². The summed E-state index contributed by atoms with van der Waals surface area (Å²) in [6.07, 6.45) is 6.64. The van der Waals surface area contributed by atoms with Crippen molar-refractivity contribution in [3.63, 3.8) is 0 Å². The van der Waals surface area contributed by atoms with E-state index in [1.165, 1.54) is 18.9 Å². The second-order valence-corrected chi connectivity index (χ2v) is 14.5. The fourth-order valence-corrected chi connectivity index (χ4v) is 9.32. The van der Waals surface area contributed by atoms with Gasteiger partial charge in [0.15, 0.2) is 5.17 Å². The van der Waals surface area contributed by atoms with E-state index in [9.17, 15) is 19.5 Å². The molecule has 234 valence electrons. The Morgan fingerprint density at radius 3 is 2.60 bits per heavy atom. The number of rotatable bonds is 8. The van der Waals surface area contributed by atoms with E-state index < -0.39 is 35.0 Å². The molecule has 0 aromatic carbocycles. The topological polar surface area (TPSA) is 114 Å². The van der Waals surface area contributed by atoms with Crippen LogP contribution < -0.4 is 5.32 Å². The van der Waals surface area contributed by atoms with E-state index in [-0.39, 0.29) is 40.7 Å². The number of thioether (sulfide) groups is 1. The number of esters is 2. The van der Waals surface area contributed by atoms with Crippen LogP contribution in [0.3, 0.4) is 0 Å². The van der Waals surface area contributed by atoms with Crippen molar-refractivity contribution in [1.29, 1.82) is 0 Å². The Bertz CT molecular complexity index is 1170. The van der Waals surface area contributed by atoms with Gasteiger partial charge in [-0.1, -0.05) is 58.9 Å². The Balaban J connectivity index is 1.57. The molecule has 0 aromatic heterocycles. The number of amidine groups is 1. The van der Waals surface area contributed by atoms with Gasteiger partial charge in [0, 0.05) is 28.9 Å². The van der Waals surface area contributed by atoms with Crippen LogP contribution >= 0.6 is 11.8 Å². The SMILES string of the molecule is C=C[C@]1(C)C[C@@H](OC(=O)CSC2=NC(C)C(C(=O)OC)=C(CCCC)N2)[C@]2(C)[C@H](C)CC[C@]3(CCC(=O)[C@H]32)[C@@H](C)[C@@H]1O. The number of unbranched alkanes of at least 4 members (excludes halogenated alkanes) is 1. The Labute approximate surface area is 255 Å². The summed E-state index contributed by atoms with van der Waals surface area (Å²) in [5.41, 5.74) is -0.227. The smallest absolute Gasteiger partial charge is 0.337 e. The van der Waals surface area contributed by atoms with Crippen LogP contribution in [0.2, 0.25) is 0 Å². The summed E-state index contributed by atoms with van der Waals surface area (Å²) in [7, 11) is 1.37. The molecule has 4 aliphatic rings. The largest absolute Gasteiger partial charge is 0.466 e. The summed E-state index contributed by atoms with van der Waals surface area (Å²) < 4.78 is 11.4. The number of hydrogen-bond donors (Lipinski definition) is 2. The first kappa shape index (κ1) is 32.8. The number of aliphatic hydroxyl groups excluding tert-OH is 1. The maximum Gasteiger partial charge on any atom is 0.337 e. The maximum atomic E-state index is 13.6. The molecule has 1 aliphatic heterocycles. The highest BCUT2D eigenvalue weighted by Gasteiger charge is 2.68. The minimum Gasteiger partial charge on any atom is -0.466 e. The van der Waals surface area contributed by atoms with Crippen LogP contribution in [0.25, 0.3) is 0 Å². The number of carbonyl (C=O) groups is 3. The van der Waals surface area contributed by atoms with E-state index in [1.807, 2.05) is 19.9 Å². The second kappa shape index (κ2) is 12.5. The quantitative estimate of drug-likeness (QED) is 0.273. The lowest BCUT2D eigenvalue weighted by Gasteiger charge is -2.61. The van der Waals surface area contributed by atoms with E-state index in [4.69, 9.17) is 9.47 Å². The average Bonchev–Trinajstić information content (AvgIpc) is 3.32. The minimum absolute atomic E-state index is 0.0294. The molecule has 1 heterocycles. The van der Waals surface area contributed by atoms with Crippen LogP contribution in [0.1, 0.15) is 92.9 Å². The van der Waals surface area contributed by atoms with Gasteiger partial charge in [-0.05, 0) is 62.7 Å². The van der Waals surface area contributed by atoms with Crippen molar-refractivity contribution in [2.75, 3.05) is 12.9 Å². The highest BCUT2D eigenvalue weighted by Crippen LogP contribution is 2.68. The van der Waals surface area contributed by atoms with Crippen LogP contribution in [-0.2, 0) is 23.9 Å². The lowest BCUT2D eigenvalue weighted by atomic mass is 9.44. The van der Waals surface area contributed by atoms with Gasteiger partial charge in [0.25, 0.3) is 0 Å². The van der Waals surface area contributed by atoms with Gasteiger partial charge in [-0.25, -0.2) is 4.79 Å². The lowest BCUT2D eigenvalue weighted by Crippen LogP contribution is -2.63. The van der Waals surface area contributed by atoms with Gasteiger partial charge >= 0.3 is 11.9 Å². The van der Waals surface area contributed by atoms with Gasteiger partial charge in [-0.15, -0.1) is 6.58 Å². The molecule has 3 aliphatic carbocycles. The van der Waals surface area contributed by atoms with E-state index in [0.717, 1.165) is 37.8 Å². The van der Waals surface area contributed by atoms with E-state index in [1.54, 1.807) is 0 Å². The first-order chi connectivity index (χ1) is 19.8. The zero-order chi connectivity index (χ0) is 31.0. The molecule has 0 spiro atoms. The minimum atomic E-state index is -0.698. The third-order valence-corrected chi connectivity index (χ3v) is 12.3. The first-order valence-corrected chi connectivity index (χ1v) is 16.6. The predicted octanol–water partition coefficient (Wildman–Crippen LogP) is 5.59. The number of aliphatic imine (C=N–C) groups is 1. The zero-order valence-electron chi connectivity index (χ0n) is 26.5. The average molecular weight is 603 g/mol. The number of carbonyl (C=O) groups excluding carboxylic acids is 3. The van der Waals surface area contributed by atoms with Gasteiger partial charge in [-0.3, -0.25) is 14.6 Å². The van der Waals surface area contributed by atoms with Crippen molar-refractivity contribution in [3.8, 4) is 0 Å². The fourth-order valence-electron chi connectivity index (χ4n) is 8.57. The number of methoxy groups -OCH3 is 1. The lowest BCUT2D eigenvalue weighted by molar-refractivity contribution is -0.205. The van der Waals surface area contributed by atoms with Crippen molar-refractivity contribution in [1.82, 2.24) is 5.32 Å². The summed E-state index contributed by atoms with van der Waals surface area (Å²) in [5.74, 6) is -0.668. The van der Waals surface area contributed by atoms with Crippen LogP contribution in [-0.4, -0.2) is 59.1 Å². The number of nitrogens with zero attached hydrogens (tertiary/aromatic N) is 1. The molecule has 2 N–H and O–H groups in total. The Morgan fingerprint density at radius 2 is 1.95 bits per heavy atom. The highest BCUT2D eigenvalue weighted by atomic mass is 32.2. The summed E-state index contributed by atoms with van der Waals surface area (Å²) in [5, 5.41) is 15.6. The molecular formula is C33H50N2O6S. The van der Waals surface area contributed by atoms with Crippen LogP contribution in [0.15, 0.2) is 28.9 Å². The Hall–Kier alpha value is -2.13. The van der Waals surface area contributed by atoms with Gasteiger partial charge in [0.05, 0.1) is 30.6 Å². The molecule has 9 heteroatoms. The molecule has 8 nitrogen and oxygen atoms in total. The molecule has 3 saturated carbocycles. The predicted molar refractivity (Wildman–Crippen MR) is 166 cm³/mol. The number of ether oxygens (including phenoxy) is 2. The van der Waals surface area contributed by atoms with Crippen molar-refractivity contribution >= 4 is 34.7 Å². The van der Waals surface area contributed by atoms with E-state index in [0.29, 0.717) is 30.0 Å². The molecule has 0 aromatic rings. The summed E-state index contributed by atoms with van der Waals surface area (Å²) >= 11 is 1.26. The summed E-state index contributed by atoms with van der Waals surface area (Å²) in [4.78, 5) is 44.2. The Kier molecular flexibility index (Phi) is 9.73. The number of ketones is 1. The zero-order valence-corrected chi connectivity index (χ0v) is 27.3. The van der Waals surface area contributed by atoms with E-state index >= 15 is 0 Å². The van der Waals surface area contributed by atoms with Crippen LogP contribution in [0.4, 0.5) is 0 Å². The molecular weight excluding hydrogens is 552 g/mol. The van der Waals surface area contributed by atoms with Gasteiger partial charge in [0.2, 0.25) is 0 Å². The number of allylic oxidation sites excluding steroid dienone is 1. The third kappa shape index (κ3) is 5.49. The fraction of sp³-hybridized carbons (Fsp3) is 0.758. The highest BCUT2D eigenvalue weighted by molar-refractivity contribution is 8.14. The second-order valence-electron chi connectivity index (χ2n) is 13.6. The van der Waals surface area contributed by atoms with Crippen molar-refractivity contribution in [2.24, 2.45) is 39.0 Å². The van der Waals surface area contributed by atoms with Crippen molar-refractivity contribution < 1.29 is 29.0 Å². The Morgan fingerprint density at radius 1 is 1.24 bits per heavy atom. The molecule has 3 fully saturated rings. The number of aliphatic hydroxyl groups is 1. The molecule has 0 amide bonds. The normalized spacial score (nSPS) is 39.8. The van der Waals surface area contributed by atoms with Crippen LogP contribution in [0, 0.1) is 34.0 Å². The van der Waals surface area contributed by atoms with E-state index in [2.05, 4.69) is 44.6 Å². The molecule has 0 radical (unpaired) electrons. The van der Waals surface area contributed by atoms with Gasteiger partial charge in [0.1, 0.15) is 11.9 Å². The molecule has 42 heavy (non-hydrogen) atoms. The third-order valence-electron chi connectivity index (χ3n) is 11.4. The molecule has 4 rings (SSSR count). The first-order valence-electron chi connectivity index (χ1n) is 15.6. The maximum absolute atomic E-state index is 13.6. The molecule has 2 bridgehead atoms. The van der Waals surface area contributed by atoms with Crippen molar-refractivity contribution in [2.45, 2.75) is 111 Å². The van der Waals surface area contributed by atoms with Gasteiger partial charge in [-0.2, -0.15) is 0 Å². The number of hydrogen-bond acceptors (Lipinski definition) is 9. The monoisotopic (exact) mass is 602 g/mol.